The zero-order chi connectivity index (χ0) is 22.5. The van der Waals surface area contributed by atoms with Crippen LogP contribution in [0.2, 0.25) is 0 Å². The summed E-state index contributed by atoms with van der Waals surface area (Å²) in [5.74, 6) is 2.55. The number of carbonyl (C=O) groups excluding carboxylic acids is 1. The molecule has 1 saturated heterocycles. The van der Waals surface area contributed by atoms with E-state index in [2.05, 4.69) is 32.5 Å². The third kappa shape index (κ3) is 3.74. The number of anilines is 2. The molecule has 9 heteroatoms. The molecule has 2 aliphatic rings. The topological polar surface area (TPSA) is 105 Å². The van der Waals surface area contributed by atoms with Gasteiger partial charge in [-0.25, -0.2) is 15.0 Å². The lowest BCUT2D eigenvalue weighted by molar-refractivity contribution is -0.117. The van der Waals surface area contributed by atoms with Crippen LogP contribution in [0.15, 0.2) is 41.1 Å². The minimum absolute atomic E-state index is 0.0124. The van der Waals surface area contributed by atoms with Gasteiger partial charge in [0.2, 0.25) is 11.8 Å². The molecule has 0 spiro atoms. The Bertz CT molecular complexity index is 1370. The maximum atomic E-state index is 12.2. The van der Waals surface area contributed by atoms with Crippen molar-refractivity contribution in [2.45, 2.75) is 18.9 Å². The molecule has 1 saturated carbocycles. The summed E-state index contributed by atoms with van der Waals surface area (Å²) >= 11 is 0. The van der Waals surface area contributed by atoms with E-state index in [1.54, 1.807) is 12.4 Å². The molecule has 4 aromatic rings. The van der Waals surface area contributed by atoms with Crippen LogP contribution in [0.25, 0.3) is 33.3 Å². The second-order valence-corrected chi connectivity index (χ2v) is 8.76. The van der Waals surface area contributed by atoms with Crippen LogP contribution in [-0.4, -0.2) is 59.0 Å². The monoisotopic (exact) mass is 444 g/mol. The summed E-state index contributed by atoms with van der Waals surface area (Å²) in [6.07, 6.45) is 5.52. The molecule has 33 heavy (non-hydrogen) atoms. The molecule has 0 atom stereocenters. The predicted octanol–water partition coefficient (Wildman–Crippen LogP) is 3.52. The highest BCUT2D eigenvalue weighted by Crippen LogP contribution is 2.35. The summed E-state index contributed by atoms with van der Waals surface area (Å²) in [5.41, 5.74) is 2.12. The van der Waals surface area contributed by atoms with Crippen LogP contribution in [0.5, 0.6) is 5.75 Å². The predicted molar refractivity (Wildman–Crippen MR) is 125 cm³/mol. The van der Waals surface area contributed by atoms with E-state index in [-0.39, 0.29) is 17.9 Å². The van der Waals surface area contributed by atoms with E-state index in [9.17, 15) is 4.79 Å². The molecule has 0 unspecified atom stereocenters. The SMILES string of the molecule is CNc1ncc(-c2nc3cc(OC4CN(C)C4)ccc3o2)c2cc(NC(=O)C3CC3)ncc12. The molecule has 1 aromatic carbocycles. The van der Waals surface area contributed by atoms with Gasteiger partial charge in [0.05, 0.1) is 5.56 Å². The van der Waals surface area contributed by atoms with Gasteiger partial charge >= 0.3 is 0 Å². The van der Waals surface area contributed by atoms with Gasteiger partial charge < -0.3 is 19.8 Å². The van der Waals surface area contributed by atoms with E-state index in [4.69, 9.17) is 14.1 Å². The number of amides is 1. The molecule has 6 rings (SSSR count). The van der Waals surface area contributed by atoms with Gasteiger partial charge in [0, 0.05) is 55.3 Å². The normalized spacial score (nSPS) is 16.7. The minimum atomic E-state index is 0.0124. The van der Waals surface area contributed by atoms with E-state index in [0.717, 1.165) is 53.5 Å². The van der Waals surface area contributed by atoms with Gasteiger partial charge in [0.25, 0.3) is 0 Å². The summed E-state index contributed by atoms with van der Waals surface area (Å²) in [7, 11) is 3.88. The van der Waals surface area contributed by atoms with Crippen molar-refractivity contribution in [2.75, 3.05) is 37.8 Å². The number of benzene rings is 1. The number of nitrogens with zero attached hydrogens (tertiary/aromatic N) is 4. The first-order valence-electron chi connectivity index (χ1n) is 11.1. The second kappa shape index (κ2) is 7.70. The van der Waals surface area contributed by atoms with Gasteiger partial charge in [0.1, 0.15) is 29.0 Å². The first kappa shape index (κ1) is 19.9. The molecule has 3 aromatic heterocycles. The van der Waals surface area contributed by atoms with Crippen LogP contribution in [0.1, 0.15) is 12.8 Å². The van der Waals surface area contributed by atoms with Crippen LogP contribution in [0, 0.1) is 5.92 Å². The number of hydrogen-bond donors (Lipinski definition) is 2. The van der Waals surface area contributed by atoms with E-state index in [1.807, 2.05) is 31.3 Å². The Labute approximate surface area is 190 Å². The summed E-state index contributed by atoms with van der Waals surface area (Å²) in [6, 6.07) is 7.54. The largest absolute Gasteiger partial charge is 0.488 e. The molecular formula is C24H24N6O3. The number of aromatic nitrogens is 3. The molecule has 0 radical (unpaired) electrons. The highest BCUT2D eigenvalue weighted by atomic mass is 16.5. The average Bonchev–Trinajstić information content (AvgIpc) is 3.57. The first-order valence-corrected chi connectivity index (χ1v) is 11.1. The van der Waals surface area contributed by atoms with Crippen LogP contribution < -0.4 is 15.4 Å². The van der Waals surface area contributed by atoms with Crippen LogP contribution in [0.3, 0.4) is 0 Å². The van der Waals surface area contributed by atoms with E-state index in [1.165, 1.54) is 0 Å². The third-order valence-electron chi connectivity index (χ3n) is 6.13. The van der Waals surface area contributed by atoms with Gasteiger partial charge in [-0.15, -0.1) is 0 Å². The minimum Gasteiger partial charge on any atom is -0.488 e. The standard InChI is InChI=1S/C24H24N6O3/c1-25-22-17-9-26-21(29-23(31)13-3-4-13)8-16(17)18(10-27-22)24-28-19-7-14(5-6-20(19)33-24)32-15-11-30(2)12-15/h5-10,13,15H,3-4,11-12H2,1-2H3,(H,25,27)(H,26,29,31). The quantitative estimate of drug-likeness (QED) is 0.465. The maximum absolute atomic E-state index is 12.2. The Morgan fingerprint density at radius 3 is 2.76 bits per heavy atom. The maximum Gasteiger partial charge on any atom is 0.229 e. The fraction of sp³-hybridized carbons (Fsp3) is 0.333. The van der Waals surface area contributed by atoms with Crippen molar-refractivity contribution in [1.29, 1.82) is 0 Å². The summed E-state index contributed by atoms with van der Waals surface area (Å²) < 4.78 is 12.1. The van der Waals surface area contributed by atoms with E-state index < -0.39 is 0 Å². The molecular weight excluding hydrogens is 420 g/mol. The molecule has 1 aliphatic heterocycles. The molecule has 168 valence electrons. The molecule has 4 heterocycles. The zero-order valence-electron chi connectivity index (χ0n) is 18.5. The highest BCUT2D eigenvalue weighted by Gasteiger charge is 2.30. The molecule has 1 amide bonds. The number of likely N-dealkylation sites (tertiary alicyclic amines) is 1. The van der Waals surface area contributed by atoms with Gasteiger partial charge in [-0.3, -0.25) is 9.69 Å². The smallest absolute Gasteiger partial charge is 0.229 e. The highest BCUT2D eigenvalue weighted by molar-refractivity contribution is 6.03. The van der Waals surface area contributed by atoms with Crippen molar-refractivity contribution in [3.8, 4) is 17.2 Å². The van der Waals surface area contributed by atoms with Gasteiger partial charge in [-0.2, -0.15) is 0 Å². The van der Waals surface area contributed by atoms with Crippen LogP contribution in [0.4, 0.5) is 11.6 Å². The summed E-state index contributed by atoms with van der Waals surface area (Å²) in [5, 5.41) is 7.67. The van der Waals surface area contributed by atoms with Crippen molar-refractivity contribution in [1.82, 2.24) is 19.9 Å². The lowest BCUT2D eigenvalue weighted by atomic mass is 10.1. The number of rotatable bonds is 6. The molecule has 9 nitrogen and oxygen atoms in total. The Kier molecular flexibility index (Phi) is 4.65. The first-order chi connectivity index (χ1) is 16.1. The number of oxazole rings is 1. The van der Waals surface area contributed by atoms with Crippen LogP contribution >= 0.6 is 0 Å². The average molecular weight is 444 g/mol. The Hall–Kier alpha value is -3.72. The van der Waals surface area contributed by atoms with Crippen molar-refractivity contribution < 1.29 is 13.9 Å². The molecule has 2 N–H and O–H groups in total. The fourth-order valence-corrected chi connectivity index (χ4v) is 4.15. The summed E-state index contributed by atoms with van der Waals surface area (Å²) in [6.45, 7) is 1.84. The van der Waals surface area contributed by atoms with E-state index >= 15 is 0 Å². The van der Waals surface area contributed by atoms with Crippen molar-refractivity contribution in [3.63, 3.8) is 0 Å². The molecule has 1 aliphatic carbocycles. The lowest BCUT2D eigenvalue weighted by Gasteiger charge is -2.35. The second-order valence-electron chi connectivity index (χ2n) is 8.76. The number of nitrogens with one attached hydrogen (secondary N) is 2. The molecule has 0 bridgehead atoms. The van der Waals surface area contributed by atoms with Gasteiger partial charge in [0.15, 0.2) is 5.58 Å². The Morgan fingerprint density at radius 2 is 2.00 bits per heavy atom. The number of fused-ring (bicyclic) bond motifs is 2. The fourth-order valence-electron chi connectivity index (χ4n) is 4.15. The number of hydrogen-bond acceptors (Lipinski definition) is 8. The molecule has 2 fully saturated rings. The number of ether oxygens (including phenoxy) is 1. The Morgan fingerprint density at radius 1 is 1.15 bits per heavy atom. The van der Waals surface area contributed by atoms with Crippen LogP contribution in [-0.2, 0) is 4.79 Å². The van der Waals surface area contributed by atoms with E-state index in [0.29, 0.717) is 23.1 Å². The van der Waals surface area contributed by atoms with Gasteiger partial charge in [-0.1, -0.05) is 0 Å². The van der Waals surface area contributed by atoms with Crippen molar-refractivity contribution >= 4 is 39.4 Å². The number of pyridine rings is 2. The van der Waals surface area contributed by atoms with Gasteiger partial charge in [-0.05, 0) is 38.1 Å². The van der Waals surface area contributed by atoms with Crippen molar-refractivity contribution in [2.24, 2.45) is 5.92 Å². The lowest BCUT2D eigenvalue weighted by Crippen LogP contribution is -2.51. The summed E-state index contributed by atoms with van der Waals surface area (Å²) in [4.78, 5) is 28.1. The zero-order valence-corrected chi connectivity index (χ0v) is 18.5. The van der Waals surface area contributed by atoms with Crippen molar-refractivity contribution in [3.05, 3.63) is 36.7 Å². The third-order valence-corrected chi connectivity index (χ3v) is 6.13. The number of carbonyl (C=O) groups is 1. The Balaban J connectivity index is 1.38. The number of likely N-dealkylation sites (N-methyl/N-ethyl adjacent to an activating group) is 1.